The monoisotopic (exact) mass is 276 g/mol. The van der Waals surface area contributed by atoms with Crippen molar-refractivity contribution in [2.45, 2.75) is 58.5 Å². The Bertz CT molecular complexity index is 230. The molecule has 0 aromatic rings. The first-order chi connectivity index (χ1) is 9.03. The summed E-state index contributed by atoms with van der Waals surface area (Å²) in [6.45, 7) is 3.42. The molecule has 0 aromatic heterocycles. The molecule has 5 heteroatoms. The predicted molar refractivity (Wildman–Crippen MR) is 72.6 cm³/mol. The Balaban J connectivity index is 3.80. The molecule has 3 N–H and O–H groups in total. The number of esters is 1. The van der Waals surface area contributed by atoms with Gasteiger partial charge in [0.25, 0.3) is 0 Å². The normalized spacial score (nSPS) is 13.3. The lowest BCUT2D eigenvalue weighted by Gasteiger charge is -2.27. The summed E-state index contributed by atoms with van der Waals surface area (Å²) >= 11 is 0. The van der Waals surface area contributed by atoms with Crippen LogP contribution >= 0.6 is 0 Å². The smallest absolute Gasteiger partial charge is 0.305 e. The summed E-state index contributed by atoms with van der Waals surface area (Å²) in [5, 5.41) is 27.8. The average molecular weight is 276 g/mol. The highest BCUT2D eigenvalue weighted by molar-refractivity contribution is 5.69. The van der Waals surface area contributed by atoms with Crippen LogP contribution in [0.15, 0.2) is 0 Å². The van der Waals surface area contributed by atoms with E-state index < -0.39 is 5.41 Å². The maximum Gasteiger partial charge on any atom is 0.305 e. The molecule has 0 aliphatic carbocycles. The van der Waals surface area contributed by atoms with Gasteiger partial charge in [-0.2, -0.15) is 0 Å². The number of carbonyl (C=O) groups is 1. The maximum atomic E-state index is 11.5. The molecule has 19 heavy (non-hydrogen) atoms. The van der Waals surface area contributed by atoms with E-state index in [0.717, 1.165) is 12.8 Å². The van der Waals surface area contributed by atoms with Gasteiger partial charge in [-0.15, -0.1) is 0 Å². The van der Waals surface area contributed by atoms with E-state index in [1.54, 1.807) is 0 Å². The fraction of sp³-hybridized carbons (Fsp3) is 0.929. The molecule has 0 heterocycles. The molecule has 0 rings (SSSR count). The average Bonchev–Trinajstić information content (AvgIpc) is 2.45. The molecule has 0 aliphatic heterocycles. The summed E-state index contributed by atoms with van der Waals surface area (Å²) in [6.07, 6.45) is 3.50. The number of ether oxygens (including phenoxy) is 1. The molecule has 0 amide bonds. The molecule has 0 aliphatic rings. The van der Waals surface area contributed by atoms with Crippen LogP contribution in [0, 0.1) is 5.41 Å². The van der Waals surface area contributed by atoms with Crippen molar-refractivity contribution < 1.29 is 24.9 Å². The zero-order valence-corrected chi connectivity index (χ0v) is 12.1. The van der Waals surface area contributed by atoms with Crippen molar-refractivity contribution in [3.05, 3.63) is 0 Å². The molecule has 0 saturated heterocycles. The molecular weight excluding hydrogens is 248 g/mol. The lowest BCUT2D eigenvalue weighted by atomic mass is 9.88. The van der Waals surface area contributed by atoms with Crippen molar-refractivity contribution in [1.82, 2.24) is 0 Å². The van der Waals surface area contributed by atoms with Gasteiger partial charge in [-0.3, -0.25) is 4.79 Å². The third-order valence-electron chi connectivity index (χ3n) is 3.60. The van der Waals surface area contributed by atoms with Gasteiger partial charge in [0.2, 0.25) is 0 Å². The Morgan fingerprint density at radius 2 is 1.84 bits per heavy atom. The molecule has 1 unspecified atom stereocenters. The van der Waals surface area contributed by atoms with Crippen molar-refractivity contribution in [2.75, 3.05) is 19.8 Å². The van der Waals surface area contributed by atoms with Crippen LogP contribution in [0.2, 0.25) is 0 Å². The maximum absolute atomic E-state index is 11.5. The Morgan fingerprint density at radius 3 is 2.32 bits per heavy atom. The minimum Gasteiger partial charge on any atom is -0.465 e. The largest absolute Gasteiger partial charge is 0.465 e. The summed E-state index contributed by atoms with van der Waals surface area (Å²) < 4.78 is 5.09. The molecule has 0 aromatic carbocycles. The molecule has 1 atom stereocenters. The van der Waals surface area contributed by atoms with Gasteiger partial charge in [-0.05, 0) is 25.7 Å². The van der Waals surface area contributed by atoms with E-state index in [1.807, 2.05) is 13.8 Å². The number of hydrogen-bond acceptors (Lipinski definition) is 5. The van der Waals surface area contributed by atoms with Gasteiger partial charge in [-0.25, -0.2) is 0 Å². The highest BCUT2D eigenvalue weighted by Crippen LogP contribution is 2.21. The van der Waals surface area contributed by atoms with Gasteiger partial charge >= 0.3 is 5.97 Å². The van der Waals surface area contributed by atoms with E-state index in [0.29, 0.717) is 25.7 Å². The van der Waals surface area contributed by atoms with Crippen LogP contribution in [0.1, 0.15) is 52.4 Å². The van der Waals surface area contributed by atoms with Crippen LogP contribution in [0.25, 0.3) is 0 Å². The van der Waals surface area contributed by atoms with Gasteiger partial charge < -0.3 is 20.1 Å². The SMILES string of the molecule is CCC(O)CCCCC(=O)OCC(CC)(CO)CO. The lowest BCUT2D eigenvalue weighted by molar-refractivity contribution is -0.150. The number of hydrogen-bond donors (Lipinski definition) is 3. The number of rotatable bonds is 11. The highest BCUT2D eigenvalue weighted by Gasteiger charge is 2.28. The number of unbranched alkanes of at least 4 members (excludes halogenated alkanes) is 1. The van der Waals surface area contributed by atoms with Gasteiger partial charge in [0, 0.05) is 6.42 Å². The van der Waals surface area contributed by atoms with Crippen molar-refractivity contribution >= 4 is 5.97 Å². The highest BCUT2D eigenvalue weighted by atomic mass is 16.5. The minimum atomic E-state index is -0.728. The van der Waals surface area contributed by atoms with Crippen LogP contribution in [-0.2, 0) is 9.53 Å². The number of aliphatic hydroxyl groups is 3. The molecule has 0 bridgehead atoms. The summed E-state index contributed by atoms with van der Waals surface area (Å²) in [5.74, 6) is -0.314. The second-order valence-corrected chi connectivity index (χ2v) is 5.14. The van der Waals surface area contributed by atoms with E-state index in [2.05, 4.69) is 0 Å². The van der Waals surface area contributed by atoms with E-state index in [1.165, 1.54) is 0 Å². The fourth-order valence-corrected chi connectivity index (χ4v) is 1.63. The lowest BCUT2D eigenvalue weighted by Crippen LogP contribution is -2.35. The Kier molecular flexibility index (Phi) is 9.83. The van der Waals surface area contributed by atoms with E-state index >= 15 is 0 Å². The van der Waals surface area contributed by atoms with Gasteiger partial charge in [0.15, 0.2) is 0 Å². The van der Waals surface area contributed by atoms with Crippen LogP contribution in [0.4, 0.5) is 0 Å². The first-order valence-corrected chi connectivity index (χ1v) is 7.09. The first-order valence-electron chi connectivity index (χ1n) is 7.09. The van der Waals surface area contributed by atoms with Crippen molar-refractivity contribution in [3.63, 3.8) is 0 Å². The molecule has 0 fully saturated rings. The molecular formula is C14H28O5. The van der Waals surface area contributed by atoms with Crippen LogP contribution < -0.4 is 0 Å². The summed E-state index contributed by atoms with van der Waals surface area (Å²) in [6, 6.07) is 0. The topological polar surface area (TPSA) is 87.0 Å². The Hall–Kier alpha value is -0.650. The Morgan fingerprint density at radius 1 is 1.21 bits per heavy atom. The quantitative estimate of drug-likeness (QED) is 0.390. The van der Waals surface area contributed by atoms with E-state index in [9.17, 15) is 20.1 Å². The van der Waals surface area contributed by atoms with Gasteiger partial charge in [0.1, 0.15) is 6.61 Å². The van der Waals surface area contributed by atoms with Crippen molar-refractivity contribution in [2.24, 2.45) is 5.41 Å². The van der Waals surface area contributed by atoms with Crippen LogP contribution in [0.5, 0.6) is 0 Å². The minimum absolute atomic E-state index is 0.0485. The Labute approximate surface area is 115 Å². The van der Waals surface area contributed by atoms with Crippen molar-refractivity contribution in [1.29, 1.82) is 0 Å². The van der Waals surface area contributed by atoms with E-state index in [4.69, 9.17) is 4.74 Å². The predicted octanol–water partition coefficient (Wildman–Crippen LogP) is 1.24. The van der Waals surface area contributed by atoms with E-state index in [-0.39, 0.29) is 31.9 Å². The molecule has 0 spiro atoms. The molecule has 0 saturated carbocycles. The summed E-state index contributed by atoms with van der Waals surface area (Å²) in [5.41, 5.74) is -0.728. The standard InChI is InChI=1S/C14H28O5/c1-3-12(17)7-5-6-8-13(18)19-11-14(4-2,9-15)10-16/h12,15-17H,3-11H2,1-2H3. The van der Waals surface area contributed by atoms with Crippen LogP contribution in [0.3, 0.4) is 0 Å². The summed E-state index contributed by atoms with van der Waals surface area (Å²) in [7, 11) is 0. The number of aliphatic hydroxyl groups excluding tert-OH is 3. The molecule has 114 valence electrons. The molecule has 0 radical (unpaired) electrons. The van der Waals surface area contributed by atoms with Crippen LogP contribution in [-0.4, -0.2) is 47.2 Å². The van der Waals surface area contributed by atoms with Crippen molar-refractivity contribution in [3.8, 4) is 0 Å². The third kappa shape index (κ3) is 7.50. The van der Waals surface area contributed by atoms with Gasteiger partial charge in [0.05, 0.1) is 24.7 Å². The zero-order chi connectivity index (χ0) is 14.7. The second kappa shape index (κ2) is 10.2. The first kappa shape index (κ1) is 18.4. The number of carbonyl (C=O) groups excluding carboxylic acids is 1. The summed E-state index contributed by atoms with van der Waals surface area (Å²) in [4.78, 5) is 11.5. The van der Waals surface area contributed by atoms with Gasteiger partial charge in [-0.1, -0.05) is 20.3 Å². The fourth-order valence-electron chi connectivity index (χ4n) is 1.63. The molecule has 5 nitrogen and oxygen atoms in total. The zero-order valence-electron chi connectivity index (χ0n) is 12.1. The second-order valence-electron chi connectivity index (χ2n) is 5.14. The third-order valence-corrected chi connectivity index (χ3v) is 3.60.